The Kier molecular flexibility index (Phi) is 10.6. The standard InChI is InChI=1S/C24H41N5O2/c1-25-24(27-13-8-17-30-20-22-11-6-18-31-22)26-12-7-14-29-16-15-28(2)19-23(29)21-9-4-3-5-10-21/h3-5,9-10,22-23H,6-8,11-20H2,1-2H3,(H2,25,26,27). The van der Waals surface area contributed by atoms with E-state index in [4.69, 9.17) is 9.47 Å². The van der Waals surface area contributed by atoms with Crippen molar-refractivity contribution in [3.63, 3.8) is 0 Å². The molecule has 2 aliphatic heterocycles. The Balaban J connectivity index is 1.28. The van der Waals surface area contributed by atoms with E-state index in [9.17, 15) is 0 Å². The van der Waals surface area contributed by atoms with Crippen molar-refractivity contribution >= 4 is 5.96 Å². The zero-order valence-corrected chi connectivity index (χ0v) is 19.4. The summed E-state index contributed by atoms with van der Waals surface area (Å²) in [6.45, 7) is 8.59. The second-order valence-electron chi connectivity index (χ2n) is 8.57. The third-order valence-electron chi connectivity index (χ3n) is 6.10. The van der Waals surface area contributed by atoms with Crippen LogP contribution in [0.15, 0.2) is 35.3 Å². The van der Waals surface area contributed by atoms with Crippen LogP contribution in [0.1, 0.15) is 37.3 Å². The molecule has 0 bridgehead atoms. The van der Waals surface area contributed by atoms with Crippen LogP contribution in [-0.4, -0.2) is 95.0 Å². The van der Waals surface area contributed by atoms with Gasteiger partial charge in [0.2, 0.25) is 0 Å². The lowest BCUT2D eigenvalue weighted by molar-refractivity contribution is 0.0168. The highest BCUT2D eigenvalue weighted by atomic mass is 16.5. The van der Waals surface area contributed by atoms with Gasteiger partial charge in [0.05, 0.1) is 12.7 Å². The van der Waals surface area contributed by atoms with E-state index in [2.05, 4.69) is 62.8 Å². The lowest BCUT2D eigenvalue weighted by Gasteiger charge is -2.40. The minimum atomic E-state index is 0.309. The molecule has 2 heterocycles. The van der Waals surface area contributed by atoms with Gasteiger partial charge in [0.25, 0.3) is 0 Å². The minimum Gasteiger partial charge on any atom is -0.379 e. The summed E-state index contributed by atoms with van der Waals surface area (Å²) in [4.78, 5) is 9.40. The largest absolute Gasteiger partial charge is 0.379 e. The second-order valence-corrected chi connectivity index (χ2v) is 8.57. The van der Waals surface area contributed by atoms with Crippen LogP contribution < -0.4 is 10.6 Å². The number of ether oxygens (including phenoxy) is 2. The number of benzene rings is 1. The van der Waals surface area contributed by atoms with Crippen molar-refractivity contribution in [2.45, 2.75) is 37.8 Å². The molecule has 1 aromatic carbocycles. The number of piperazine rings is 1. The SMILES string of the molecule is CN=C(NCCCOCC1CCCO1)NCCCN1CCN(C)CC1c1ccccc1. The molecule has 1 aromatic rings. The van der Waals surface area contributed by atoms with Gasteiger partial charge in [0.15, 0.2) is 5.96 Å². The molecule has 2 N–H and O–H groups in total. The van der Waals surface area contributed by atoms with Gasteiger partial charge >= 0.3 is 0 Å². The van der Waals surface area contributed by atoms with E-state index in [0.29, 0.717) is 12.1 Å². The molecule has 0 aromatic heterocycles. The predicted octanol–water partition coefficient (Wildman–Crippen LogP) is 2.12. The first-order valence-electron chi connectivity index (χ1n) is 11.9. The number of hydrogen-bond donors (Lipinski definition) is 2. The Morgan fingerprint density at radius 3 is 2.71 bits per heavy atom. The molecular weight excluding hydrogens is 390 g/mol. The van der Waals surface area contributed by atoms with Crippen LogP contribution in [0.3, 0.4) is 0 Å². The summed E-state index contributed by atoms with van der Waals surface area (Å²) in [6, 6.07) is 11.4. The highest BCUT2D eigenvalue weighted by Crippen LogP contribution is 2.24. The molecule has 0 amide bonds. The topological polar surface area (TPSA) is 61.4 Å². The van der Waals surface area contributed by atoms with E-state index in [1.54, 1.807) is 0 Å². The highest BCUT2D eigenvalue weighted by Gasteiger charge is 2.25. The Bertz CT molecular complexity index is 636. The molecule has 0 saturated carbocycles. The molecule has 3 rings (SSSR count). The van der Waals surface area contributed by atoms with Crippen LogP contribution >= 0.6 is 0 Å². The molecule has 2 aliphatic rings. The first-order valence-corrected chi connectivity index (χ1v) is 11.9. The Morgan fingerprint density at radius 2 is 1.97 bits per heavy atom. The van der Waals surface area contributed by atoms with E-state index < -0.39 is 0 Å². The van der Waals surface area contributed by atoms with Crippen molar-refractivity contribution in [1.29, 1.82) is 0 Å². The van der Waals surface area contributed by atoms with Gasteiger partial charge in [-0.1, -0.05) is 30.3 Å². The molecule has 2 unspecified atom stereocenters. The van der Waals surface area contributed by atoms with E-state index in [0.717, 1.165) is 84.3 Å². The van der Waals surface area contributed by atoms with E-state index in [1.807, 2.05) is 7.05 Å². The van der Waals surface area contributed by atoms with Crippen LogP contribution in [0, 0.1) is 0 Å². The van der Waals surface area contributed by atoms with Crippen molar-refractivity contribution in [3.8, 4) is 0 Å². The maximum Gasteiger partial charge on any atom is 0.190 e. The summed E-state index contributed by atoms with van der Waals surface area (Å²) >= 11 is 0. The quantitative estimate of drug-likeness (QED) is 0.318. The van der Waals surface area contributed by atoms with Crippen LogP contribution in [0.4, 0.5) is 0 Å². The third kappa shape index (κ3) is 8.41. The van der Waals surface area contributed by atoms with Crippen LogP contribution in [-0.2, 0) is 9.47 Å². The van der Waals surface area contributed by atoms with Gasteiger partial charge in [-0.05, 0) is 38.3 Å². The van der Waals surface area contributed by atoms with Gasteiger partial charge in [0, 0.05) is 65.6 Å². The van der Waals surface area contributed by atoms with Gasteiger partial charge in [0.1, 0.15) is 0 Å². The van der Waals surface area contributed by atoms with Gasteiger partial charge in [-0.3, -0.25) is 9.89 Å². The van der Waals surface area contributed by atoms with E-state index >= 15 is 0 Å². The van der Waals surface area contributed by atoms with Gasteiger partial charge in [-0.2, -0.15) is 0 Å². The summed E-state index contributed by atoms with van der Waals surface area (Å²) < 4.78 is 11.3. The van der Waals surface area contributed by atoms with Crippen molar-refractivity contribution in [2.24, 2.45) is 4.99 Å². The average molecular weight is 432 g/mol. The lowest BCUT2D eigenvalue weighted by Crippen LogP contribution is -2.47. The fourth-order valence-electron chi connectivity index (χ4n) is 4.30. The van der Waals surface area contributed by atoms with Crippen LogP contribution in [0.5, 0.6) is 0 Å². The molecule has 0 aliphatic carbocycles. The molecular formula is C24H41N5O2. The van der Waals surface area contributed by atoms with Crippen molar-refractivity contribution in [1.82, 2.24) is 20.4 Å². The minimum absolute atomic E-state index is 0.309. The Hall–Kier alpha value is -1.67. The second kappa shape index (κ2) is 13.7. The zero-order chi connectivity index (χ0) is 21.7. The Labute approximate surface area is 188 Å². The fraction of sp³-hybridized carbons (Fsp3) is 0.708. The molecule has 7 nitrogen and oxygen atoms in total. The van der Waals surface area contributed by atoms with Crippen molar-refractivity contribution in [2.75, 3.05) is 73.2 Å². The number of guanidine groups is 1. The normalized spacial score (nSPS) is 23.2. The first kappa shape index (κ1) is 24.0. The van der Waals surface area contributed by atoms with Gasteiger partial charge in [-0.15, -0.1) is 0 Å². The third-order valence-corrected chi connectivity index (χ3v) is 6.10. The smallest absolute Gasteiger partial charge is 0.190 e. The number of rotatable bonds is 11. The number of nitrogens with zero attached hydrogens (tertiary/aromatic N) is 3. The predicted molar refractivity (Wildman–Crippen MR) is 127 cm³/mol. The summed E-state index contributed by atoms with van der Waals surface area (Å²) in [6.07, 6.45) is 4.67. The first-order chi connectivity index (χ1) is 15.3. The maximum atomic E-state index is 5.72. The van der Waals surface area contributed by atoms with Gasteiger partial charge < -0.3 is 25.0 Å². The molecule has 2 fully saturated rings. The van der Waals surface area contributed by atoms with Crippen molar-refractivity contribution < 1.29 is 9.47 Å². The fourth-order valence-corrected chi connectivity index (χ4v) is 4.30. The van der Waals surface area contributed by atoms with Crippen LogP contribution in [0.25, 0.3) is 0 Å². The maximum absolute atomic E-state index is 5.72. The summed E-state index contributed by atoms with van der Waals surface area (Å²) in [5, 5.41) is 6.83. The number of nitrogens with one attached hydrogen (secondary N) is 2. The highest BCUT2D eigenvalue weighted by molar-refractivity contribution is 5.79. The molecule has 2 saturated heterocycles. The molecule has 7 heteroatoms. The summed E-state index contributed by atoms with van der Waals surface area (Å²) in [5.74, 6) is 0.872. The number of likely N-dealkylation sites (N-methyl/N-ethyl adjacent to an activating group) is 1. The number of hydrogen-bond acceptors (Lipinski definition) is 5. The van der Waals surface area contributed by atoms with Crippen molar-refractivity contribution in [3.05, 3.63) is 35.9 Å². The Morgan fingerprint density at radius 1 is 1.16 bits per heavy atom. The van der Waals surface area contributed by atoms with E-state index in [-0.39, 0.29) is 0 Å². The van der Waals surface area contributed by atoms with Crippen LogP contribution in [0.2, 0.25) is 0 Å². The van der Waals surface area contributed by atoms with E-state index in [1.165, 1.54) is 12.0 Å². The molecule has 174 valence electrons. The molecule has 31 heavy (non-hydrogen) atoms. The summed E-state index contributed by atoms with van der Waals surface area (Å²) in [7, 11) is 4.05. The number of aliphatic imine (C=N–C) groups is 1. The monoisotopic (exact) mass is 431 g/mol. The summed E-state index contributed by atoms with van der Waals surface area (Å²) in [5.41, 5.74) is 1.42. The molecule has 2 atom stereocenters. The lowest BCUT2D eigenvalue weighted by atomic mass is 10.0. The molecule has 0 radical (unpaired) electrons. The zero-order valence-electron chi connectivity index (χ0n) is 19.4. The van der Waals surface area contributed by atoms with Gasteiger partial charge in [-0.25, -0.2) is 0 Å². The molecule has 0 spiro atoms. The average Bonchev–Trinajstić information content (AvgIpc) is 3.32.